The van der Waals surface area contributed by atoms with Gasteiger partial charge in [0.1, 0.15) is 11.6 Å². The second-order valence-corrected chi connectivity index (χ2v) is 7.18. The van der Waals surface area contributed by atoms with Crippen LogP contribution in [0, 0.1) is 18.6 Å². The molecule has 34 heavy (non-hydrogen) atoms. The van der Waals surface area contributed by atoms with Gasteiger partial charge in [-0.25, -0.2) is 18.6 Å². The van der Waals surface area contributed by atoms with E-state index < -0.39 is 29.4 Å². The number of benzene rings is 3. The molecule has 4 rings (SSSR count). The quantitative estimate of drug-likeness (QED) is 0.324. The molecular formula is C23H15F5N4O2. The van der Waals surface area contributed by atoms with E-state index in [0.29, 0.717) is 34.6 Å². The first-order valence-electron chi connectivity index (χ1n) is 9.74. The lowest BCUT2D eigenvalue weighted by Crippen LogP contribution is -2.20. The average molecular weight is 474 g/mol. The highest BCUT2D eigenvalue weighted by Crippen LogP contribution is 2.33. The average Bonchev–Trinajstić information content (AvgIpc) is 2.76. The fraction of sp³-hybridized carbons (Fsp3) is 0.0870. The first-order chi connectivity index (χ1) is 16.1. The first kappa shape index (κ1) is 22.9. The number of carbonyl (C=O) groups is 1. The van der Waals surface area contributed by atoms with E-state index in [-0.39, 0.29) is 17.1 Å². The number of aromatic nitrogens is 2. The second kappa shape index (κ2) is 8.93. The lowest BCUT2D eigenvalue weighted by Gasteiger charge is -2.12. The van der Waals surface area contributed by atoms with Crippen LogP contribution in [0.3, 0.4) is 0 Å². The highest BCUT2D eigenvalue weighted by Gasteiger charge is 2.34. The lowest BCUT2D eigenvalue weighted by atomic mass is 10.2. The predicted octanol–water partition coefficient (Wildman–Crippen LogP) is 6.67. The normalized spacial score (nSPS) is 11.4. The molecule has 0 fully saturated rings. The van der Waals surface area contributed by atoms with E-state index in [0.717, 1.165) is 12.1 Å². The van der Waals surface area contributed by atoms with Crippen LogP contribution in [-0.2, 0) is 6.18 Å². The number of nitrogens with one attached hydrogen (secondary N) is 2. The van der Waals surface area contributed by atoms with Crippen LogP contribution in [0.15, 0.2) is 60.8 Å². The van der Waals surface area contributed by atoms with Crippen molar-refractivity contribution in [3.63, 3.8) is 0 Å². The minimum Gasteiger partial charge on any atom is -0.454 e. The van der Waals surface area contributed by atoms with Crippen molar-refractivity contribution >= 4 is 28.4 Å². The Bertz CT molecular complexity index is 1390. The summed E-state index contributed by atoms with van der Waals surface area (Å²) < 4.78 is 71.9. The summed E-state index contributed by atoms with van der Waals surface area (Å²) >= 11 is 0. The Morgan fingerprint density at radius 1 is 0.882 bits per heavy atom. The predicted molar refractivity (Wildman–Crippen MR) is 115 cm³/mol. The molecule has 1 aromatic heterocycles. The molecule has 1 heterocycles. The number of hydrogen-bond acceptors (Lipinski definition) is 4. The van der Waals surface area contributed by atoms with Crippen molar-refractivity contribution in [1.29, 1.82) is 0 Å². The van der Waals surface area contributed by atoms with Crippen molar-refractivity contribution in [3.8, 4) is 11.5 Å². The van der Waals surface area contributed by atoms with Crippen molar-refractivity contribution in [2.45, 2.75) is 13.1 Å². The number of hydrogen-bond donors (Lipinski definition) is 2. The van der Waals surface area contributed by atoms with Crippen molar-refractivity contribution < 1.29 is 31.5 Å². The van der Waals surface area contributed by atoms with Crippen LogP contribution in [0.4, 0.5) is 38.1 Å². The van der Waals surface area contributed by atoms with Gasteiger partial charge in [0.05, 0.1) is 22.3 Å². The molecule has 0 atom stereocenters. The number of ether oxygens (including phenoxy) is 1. The molecular weight excluding hydrogens is 459 g/mol. The number of fused-ring (bicyclic) bond motifs is 1. The molecule has 3 aromatic carbocycles. The van der Waals surface area contributed by atoms with Crippen LogP contribution < -0.4 is 15.4 Å². The highest BCUT2D eigenvalue weighted by atomic mass is 19.4. The summed E-state index contributed by atoms with van der Waals surface area (Å²) in [4.78, 5) is 20.7. The van der Waals surface area contributed by atoms with Crippen LogP contribution in [0.1, 0.15) is 11.3 Å². The van der Waals surface area contributed by atoms with Gasteiger partial charge in [-0.15, -0.1) is 0 Å². The summed E-state index contributed by atoms with van der Waals surface area (Å²) in [7, 11) is 0. The SMILES string of the molecule is Cc1cnc2ccc(Oc3ccc(NC(=O)Nc4ccc(F)c(C(F)(F)F)c4)cc3F)cc2n1. The Kier molecular flexibility index (Phi) is 6.01. The van der Waals surface area contributed by atoms with E-state index in [1.807, 2.05) is 0 Å². The van der Waals surface area contributed by atoms with Gasteiger partial charge in [0.15, 0.2) is 11.6 Å². The third-order valence-corrected chi connectivity index (χ3v) is 4.58. The molecule has 4 aromatic rings. The van der Waals surface area contributed by atoms with Crippen LogP contribution >= 0.6 is 0 Å². The van der Waals surface area contributed by atoms with Crippen LogP contribution in [0.5, 0.6) is 11.5 Å². The van der Waals surface area contributed by atoms with Crippen molar-refractivity contribution in [3.05, 3.63) is 83.7 Å². The monoisotopic (exact) mass is 474 g/mol. The fourth-order valence-corrected chi connectivity index (χ4v) is 3.05. The Morgan fingerprint density at radius 3 is 2.29 bits per heavy atom. The van der Waals surface area contributed by atoms with Crippen LogP contribution in [-0.4, -0.2) is 16.0 Å². The molecule has 0 aliphatic heterocycles. The number of halogens is 5. The maximum Gasteiger partial charge on any atom is 0.419 e. The van der Waals surface area contributed by atoms with Crippen LogP contribution in [0.2, 0.25) is 0 Å². The molecule has 11 heteroatoms. The summed E-state index contributed by atoms with van der Waals surface area (Å²) in [6.07, 6.45) is -3.30. The summed E-state index contributed by atoms with van der Waals surface area (Å²) in [6.45, 7) is 1.78. The summed E-state index contributed by atoms with van der Waals surface area (Å²) in [5.41, 5.74) is 0.129. The zero-order chi connectivity index (χ0) is 24.5. The molecule has 0 aliphatic carbocycles. The smallest absolute Gasteiger partial charge is 0.419 e. The number of carbonyl (C=O) groups excluding carboxylic acids is 1. The molecule has 174 valence electrons. The van der Waals surface area contributed by atoms with Gasteiger partial charge in [-0.05, 0) is 49.4 Å². The second-order valence-electron chi connectivity index (χ2n) is 7.18. The van der Waals surface area contributed by atoms with Gasteiger partial charge >= 0.3 is 12.2 Å². The zero-order valence-electron chi connectivity index (χ0n) is 17.4. The molecule has 2 N–H and O–H groups in total. The maximum atomic E-state index is 14.5. The van der Waals surface area contributed by atoms with Gasteiger partial charge in [0, 0.05) is 29.7 Å². The molecule has 2 amide bonds. The summed E-state index contributed by atoms with van der Waals surface area (Å²) in [5, 5.41) is 4.43. The topological polar surface area (TPSA) is 76.1 Å². The maximum absolute atomic E-state index is 14.5. The fourth-order valence-electron chi connectivity index (χ4n) is 3.05. The number of rotatable bonds is 4. The standard InChI is InChI=1S/C23H15F5N4O2/c1-12-11-29-19-6-4-15(10-20(19)30-12)34-21-7-3-14(9-18(21)25)32-22(33)31-13-2-5-17(24)16(8-13)23(26,27)28/h2-11H,1H3,(H2,31,32,33). The number of urea groups is 1. The third-order valence-electron chi connectivity index (χ3n) is 4.58. The van der Waals surface area contributed by atoms with E-state index in [4.69, 9.17) is 4.74 Å². The zero-order valence-corrected chi connectivity index (χ0v) is 17.4. The first-order valence-corrected chi connectivity index (χ1v) is 9.74. The van der Waals surface area contributed by atoms with Gasteiger partial charge in [-0.1, -0.05) is 0 Å². The van der Waals surface area contributed by atoms with E-state index in [2.05, 4.69) is 20.6 Å². The van der Waals surface area contributed by atoms with Crippen molar-refractivity contribution in [2.24, 2.45) is 0 Å². The Hall–Kier alpha value is -4.28. The van der Waals surface area contributed by atoms with E-state index in [1.54, 1.807) is 31.3 Å². The number of nitrogens with zero attached hydrogens (tertiary/aromatic N) is 2. The number of amides is 2. The Labute approximate surface area is 189 Å². The van der Waals surface area contributed by atoms with E-state index in [9.17, 15) is 26.7 Å². The van der Waals surface area contributed by atoms with Gasteiger partial charge < -0.3 is 15.4 Å². The lowest BCUT2D eigenvalue weighted by molar-refractivity contribution is -0.139. The third kappa shape index (κ3) is 5.20. The van der Waals surface area contributed by atoms with Gasteiger partial charge in [-0.2, -0.15) is 13.2 Å². The summed E-state index contributed by atoms with van der Waals surface area (Å²) in [5.74, 6) is -2.07. The number of alkyl halides is 3. The minimum atomic E-state index is -4.92. The highest BCUT2D eigenvalue weighted by molar-refractivity contribution is 5.99. The number of aryl methyl sites for hydroxylation is 1. The molecule has 6 nitrogen and oxygen atoms in total. The largest absolute Gasteiger partial charge is 0.454 e. The Balaban J connectivity index is 1.45. The van der Waals surface area contributed by atoms with Crippen molar-refractivity contribution in [2.75, 3.05) is 10.6 Å². The Morgan fingerprint density at radius 2 is 1.59 bits per heavy atom. The minimum absolute atomic E-state index is 0.0144. The molecule has 0 radical (unpaired) electrons. The molecule has 0 aliphatic rings. The van der Waals surface area contributed by atoms with E-state index in [1.165, 1.54) is 12.1 Å². The molecule has 0 spiro atoms. The van der Waals surface area contributed by atoms with Crippen molar-refractivity contribution in [1.82, 2.24) is 9.97 Å². The number of anilines is 2. The van der Waals surface area contributed by atoms with Gasteiger partial charge in [-0.3, -0.25) is 4.98 Å². The molecule has 0 saturated heterocycles. The summed E-state index contributed by atoms with van der Waals surface area (Å²) in [6, 6.07) is 9.54. The molecule has 0 unspecified atom stereocenters. The van der Waals surface area contributed by atoms with Crippen LogP contribution in [0.25, 0.3) is 11.0 Å². The van der Waals surface area contributed by atoms with Gasteiger partial charge in [0.2, 0.25) is 0 Å². The van der Waals surface area contributed by atoms with Gasteiger partial charge in [0.25, 0.3) is 0 Å². The molecule has 0 saturated carbocycles. The van der Waals surface area contributed by atoms with E-state index >= 15 is 0 Å². The molecule has 0 bridgehead atoms.